The molecule has 0 amide bonds. The van der Waals surface area contributed by atoms with Gasteiger partial charge < -0.3 is 28.4 Å². The fourth-order valence-electron chi connectivity index (χ4n) is 2.15. The molecule has 0 saturated carbocycles. The predicted molar refractivity (Wildman–Crippen MR) is 65.0 cm³/mol. The van der Waals surface area contributed by atoms with Crippen LogP contribution in [0.25, 0.3) is 0 Å². The van der Waals surface area contributed by atoms with E-state index in [9.17, 15) is 0 Å². The second kappa shape index (κ2) is 8.14. The topological polar surface area (TPSA) is 55.4 Å². The van der Waals surface area contributed by atoms with E-state index in [0.717, 1.165) is 0 Å². The Labute approximate surface area is 104 Å². The van der Waals surface area contributed by atoms with Crippen LogP contribution in [0.15, 0.2) is 0 Å². The number of ether oxygens (including phenoxy) is 6. The van der Waals surface area contributed by atoms with Crippen LogP contribution in [0, 0.1) is 0 Å². The van der Waals surface area contributed by atoms with Crippen LogP contribution >= 0.6 is 0 Å². The van der Waals surface area contributed by atoms with E-state index in [4.69, 9.17) is 28.4 Å². The van der Waals surface area contributed by atoms with Crippen molar-refractivity contribution in [2.75, 3.05) is 42.7 Å². The van der Waals surface area contributed by atoms with Gasteiger partial charge in [-0.15, -0.1) is 0 Å². The van der Waals surface area contributed by atoms with Gasteiger partial charge in [-0.3, -0.25) is 0 Å². The molecule has 0 rings (SSSR count). The maximum Gasteiger partial charge on any atom is 0.246 e. The summed E-state index contributed by atoms with van der Waals surface area (Å²) in [6, 6.07) is 0. The van der Waals surface area contributed by atoms with Crippen LogP contribution in [0.2, 0.25) is 6.55 Å². The molecule has 0 spiro atoms. The van der Waals surface area contributed by atoms with Crippen molar-refractivity contribution < 1.29 is 28.4 Å². The normalized spacial score (nSPS) is 13.1. The molecule has 0 bridgehead atoms. The zero-order chi connectivity index (χ0) is 13.5. The standard InChI is InChI=1S/C10H24O6Si/c1-11-8(12-2)17(7,9(13-3)14-4)10(15-5)16-6/h8-10H,1-7H3. The molecule has 0 aliphatic rings. The van der Waals surface area contributed by atoms with Crippen molar-refractivity contribution in [3.05, 3.63) is 0 Å². The van der Waals surface area contributed by atoms with Crippen LogP contribution in [0.4, 0.5) is 0 Å². The second-order valence-corrected chi connectivity index (χ2v) is 7.92. The Kier molecular flexibility index (Phi) is 8.13. The highest BCUT2D eigenvalue weighted by Crippen LogP contribution is 2.26. The third kappa shape index (κ3) is 3.47. The first kappa shape index (κ1) is 17.0. The summed E-state index contributed by atoms with van der Waals surface area (Å²) >= 11 is 0. The molecule has 17 heavy (non-hydrogen) atoms. The van der Waals surface area contributed by atoms with Gasteiger partial charge in [-0.05, 0) is 0 Å². The van der Waals surface area contributed by atoms with Gasteiger partial charge in [-0.25, -0.2) is 0 Å². The Bertz CT molecular complexity index is 160. The maximum atomic E-state index is 5.35. The lowest BCUT2D eigenvalue weighted by Crippen LogP contribution is -2.66. The summed E-state index contributed by atoms with van der Waals surface area (Å²) in [5, 5.41) is 0. The van der Waals surface area contributed by atoms with E-state index in [0.29, 0.717) is 0 Å². The number of hydrogen-bond acceptors (Lipinski definition) is 6. The van der Waals surface area contributed by atoms with E-state index in [2.05, 4.69) is 0 Å². The van der Waals surface area contributed by atoms with Gasteiger partial charge in [-0.2, -0.15) is 0 Å². The second-order valence-electron chi connectivity index (χ2n) is 3.78. The van der Waals surface area contributed by atoms with Crippen molar-refractivity contribution in [3.63, 3.8) is 0 Å². The first-order chi connectivity index (χ1) is 8.06. The SMILES string of the molecule is COC(OC)[Si](C)(C(OC)OC)C(OC)OC. The van der Waals surface area contributed by atoms with Gasteiger partial charge in [0, 0.05) is 42.7 Å². The van der Waals surface area contributed by atoms with Crippen molar-refractivity contribution in [2.24, 2.45) is 0 Å². The minimum atomic E-state index is -2.47. The van der Waals surface area contributed by atoms with Crippen LogP contribution < -0.4 is 0 Å². The van der Waals surface area contributed by atoms with Gasteiger partial charge in [0.25, 0.3) is 0 Å². The number of hydrogen-bond donors (Lipinski definition) is 0. The minimum Gasteiger partial charge on any atom is -0.359 e. The summed E-state index contributed by atoms with van der Waals surface area (Å²) in [4.78, 5) is 0. The van der Waals surface area contributed by atoms with E-state index in [1.54, 1.807) is 42.7 Å². The van der Waals surface area contributed by atoms with Gasteiger partial charge in [0.2, 0.25) is 8.07 Å². The molecule has 0 saturated heterocycles. The lowest BCUT2D eigenvalue weighted by Gasteiger charge is -2.41. The molecule has 0 heterocycles. The highest BCUT2D eigenvalue weighted by molar-refractivity contribution is 6.81. The lowest BCUT2D eigenvalue weighted by atomic mass is 11.2. The summed E-state index contributed by atoms with van der Waals surface area (Å²) < 4.78 is 32.1. The van der Waals surface area contributed by atoms with Gasteiger partial charge in [0.15, 0.2) is 17.7 Å². The summed E-state index contributed by atoms with van der Waals surface area (Å²) in [6.45, 7) is 1.99. The highest BCUT2D eigenvalue weighted by atomic mass is 28.3. The zero-order valence-corrected chi connectivity index (χ0v) is 12.7. The first-order valence-electron chi connectivity index (χ1n) is 5.23. The third-order valence-electron chi connectivity index (χ3n) is 2.81. The van der Waals surface area contributed by atoms with Crippen LogP contribution in [-0.4, -0.2) is 68.5 Å². The molecular weight excluding hydrogens is 244 g/mol. The first-order valence-corrected chi connectivity index (χ1v) is 7.96. The average molecular weight is 268 g/mol. The number of rotatable bonds is 9. The molecule has 0 aromatic heterocycles. The Morgan fingerprint density at radius 3 is 0.824 bits per heavy atom. The molecule has 0 aromatic carbocycles. The van der Waals surface area contributed by atoms with Gasteiger partial charge in [0.05, 0.1) is 0 Å². The molecule has 0 aliphatic heterocycles. The van der Waals surface area contributed by atoms with Crippen molar-refractivity contribution in [2.45, 2.75) is 24.3 Å². The van der Waals surface area contributed by atoms with E-state index in [1.165, 1.54) is 0 Å². The molecule has 0 atom stereocenters. The Morgan fingerprint density at radius 1 is 0.529 bits per heavy atom. The molecule has 0 fully saturated rings. The van der Waals surface area contributed by atoms with Crippen molar-refractivity contribution in [1.29, 1.82) is 0 Å². The molecule has 0 N–H and O–H groups in total. The van der Waals surface area contributed by atoms with Gasteiger partial charge >= 0.3 is 0 Å². The Hall–Kier alpha value is -0.0231. The van der Waals surface area contributed by atoms with Crippen LogP contribution in [0.1, 0.15) is 0 Å². The summed E-state index contributed by atoms with van der Waals surface area (Å²) in [5.74, 6) is -1.38. The molecule has 0 radical (unpaired) electrons. The minimum absolute atomic E-state index is 0.461. The van der Waals surface area contributed by atoms with Gasteiger partial charge in [-0.1, -0.05) is 6.55 Å². The van der Waals surface area contributed by atoms with Crippen LogP contribution in [-0.2, 0) is 28.4 Å². The fourth-order valence-corrected chi connectivity index (χ4v) is 5.86. The largest absolute Gasteiger partial charge is 0.359 e. The quantitative estimate of drug-likeness (QED) is 0.449. The van der Waals surface area contributed by atoms with Crippen LogP contribution in [0.3, 0.4) is 0 Å². The molecular formula is C10H24O6Si. The number of methoxy groups -OCH3 is 6. The van der Waals surface area contributed by atoms with E-state index in [-0.39, 0.29) is 0 Å². The molecule has 7 heteroatoms. The Morgan fingerprint density at radius 2 is 0.706 bits per heavy atom. The average Bonchev–Trinajstić information content (AvgIpc) is 2.33. The molecule has 6 nitrogen and oxygen atoms in total. The van der Waals surface area contributed by atoms with Crippen molar-refractivity contribution in [1.82, 2.24) is 0 Å². The predicted octanol–water partition coefficient (Wildman–Crippen LogP) is 0.539. The summed E-state index contributed by atoms with van der Waals surface area (Å²) in [6.07, 6.45) is 0. The maximum absolute atomic E-state index is 5.35. The smallest absolute Gasteiger partial charge is 0.246 e. The lowest BCUT2D eigenvalue weighted by molar-refractivity contribution is -0.125. The highest BCUT2D eigenvalue weighted by Gasteiger charge is 2.54. The monoisotopic (exact) mass is 268 g/mol. The molecule has 0 aliphatic carbocycles. The van der Waals surface area contributed by atoms with E-state index >= 15 is 0 Å². The van der Waals surface area contributed by atoms with Crippen molar-refractivity contribution >= 4 is 8.07 Å². The fraction of sp³-hybridized carbons (Fsp3) is 1.00. The van der Waals surface area contributed by atoms with Crippen LogP contribution in [0.5, 0.6) is 0 Å². The summed E-state index contributed by atoms with van der Waals surface area (Å²) in [7, 11) is 6.97. The zero-order valence-electron chi connectivity index (χ0n) is 11.7. The Balaban J connectivity index is 5.29. The summed E-state index contributed by atoms with van der Waals surface area (Å²) in [5.41, 5.74) is 0. The molecule has 0 unspecified atom stereocenters. The molecule has 104 valence electrons. The van der Waals surface area contributed by atoms with Crippen molar-refractivity contribution in [3.8, 4) is 0 Å². The van der Waals surface area contributed by atoms with Gasteiger partial charge in [0.1, 0.15) is 0 Å². The molecule has 0 aromatic rings. The van der Waals surface area contributed by atoms with E-state index in [1.807, 2.05) is 6.55 Å². The third-order valence-corrected chi connectivity index (χ3v) is 7.27. The van der Waals surface area contributed by atoms with E-state index < -0.39 is 25.8 Å².